The second-order valence-electron chi connectivity index (χ2n) is 23.0. The standard InChI is InChI=1S/C56H83N7O22S5/c1-55(2)28-14-5-4-10-20-48-56(3,42-35-40(90(83,84)85)25-27-47(42)63(48)33-19-8-13-23-51(66)67)29-15-6-11-22-50(65)60-45(37-87(74,75)76)53(69)62-46(38-88(77,78)79)54(70)61-44(36-86(71,72)73)52(68)59-32-18-9-17-31-58-49(64)21-12-7-16-30-57-43-26-24-39(34-41(43)55)89(80,81)82/h4-5,10,14,20,24-27,34-35,44-46,57H,6-9,11-13,15-19,21-23,28-33,36-38H2,1-3H3,(H,58,64)(H,59,68)(H,60,65)(H,61,70)(H,62,69)(H,66,67)(H,71,72,73)(H,74,75,76)(H,77,78,79)(H,80,81,82)(H,83,84,85)/b10-4+,14-5+,48-20-. The molecule has 0 aromatic heterocycles. The van der Waals surface area contributed by atoms with Crippen LogP contribution in [-0.4, -0.2) is 167 Å². The SMILES string of the molecule is CC1(C)C/C=C/C=C/C=C2\N(CCCCCC(=O)O)c3ccc(S(=O)(=O)O)cc3C2(C)CCCCCC(=O)NC(CS(=O)(=O)O)C(=O)NC(CS(=O)(=O)O)C(=O)NC(CS(=O)(=O)O)C(=O)NCCCCCNC(=O)CCCCCNc2ccc(S(=O)(=O)O)cc21. The van der Waals surface area contributed by atoms with Crippen molar-refractivity contribution in [3.8, 4) is 0 Å². The smallest absolute Gasteiger partial charge is 0.303 e. The summed E-state index contributed by atoms with van der Waals surface area (Å²) < 4.78 is 172. The van der Waals surface area contributed by atoms with Crippen molar-refractivity contribution in [3.63, 3.8) is 0 Å². The average molecular weight is 1370 g/mol. The van der Waals surface area contributed by atoms with Gasteiger partial charge in [0, 0.05) is 67.9 Å². The van der Waals surface area contributed by atoms with Crippen molar-refractivity contribution in [3.05, 3.63) is 83.6 Å². The molecule has 2 aromatic rings. The number of benzene rings is 2. The number of carbonyl (C=O) groups excluding carboxylic acids is 5. The Morgan fingerprint density at radius 1 is 0.544 bits per heavy atom. The minimum Gasteiger partial charge on any atom is -0.481 e. The fraction of sp³-hybridized carbons (Fsp3) is 0.571. The number of allylic oxidation sites excluding steroid dienone is 6. The van der Waals surface area contributed by atoms with Crippen LogP contribution in [0.15, 0.2) is 82.3 Å². The number of hydrogen-bond acceptors (Lipinski definition) is 18. The largest absolute Gasteiger partial charge is 0.481 e. The van der Waals surface area contributed by atoms with Gasteiger partial charge >= 0.3 is 5.97 Å². The topological polar surface area (TPSA) is 470 Å². The quantitative estimate of drug-likeness (QED) is 0.0947. The highest BCUT2D eigenvalue weighted by atomic mass is 32.2. The summed E-state index contributed by atoms with van der Waals surface area (Å²) in [5.74, 6) is -11.3. The predicted octanol–water partition coefficient (Wildman–Crippen LogP) is 3.72. The Bertz CT molecular complexity index is 3580. The fourth-order valence-electron chi connectivity index (χ4n) is 10.4. The van der Waals surface area contributed by atoms with Crippen LogP contribution in [0.25, 0.3) is 0 Å². The zero-order valence-corrected chi connectivity index (χ0v) is 54.3. The summed E-state index contributed by atoms with van der Waals surface area (Å²) >= 11 is 0. The Hall–Kier alpha value is -6.37. The van der Waals surface area contributed by atoms with E-state index in [0.717, 1.165) is 0 Å². The number of rotatable bonds is 14. The van der Waals surface area contributed by atoms with Crippen LogP contribution in [0, 0.1) is 0 Å². The van der Waals surface area contributed by atoms with E-state index in [2.05, 4.69) is 21.3 Å². The molecule has 4 rings (SSSR count). The van der Waals surface area contributed by atoms with Crippen LogP contribution in [0.5, 0.6) is 0 Å². The number of carboxylic acid groups (broad SMARTS) is 1. The van der Waals surface area contributed by atoms with Crippen molar-refractivity contribution in [2.45, 2.75) is 169 Å². The molecule has 0 saturated heterocycles. The molecule has 0 radical (unpaired) electrons. The monoisotopic (exact) mass is 1370 g/mol. The molecule has 0 saturated carbocycles. The first-order valence-electron chi connectivity index (χ1n) is 29.1. The van der Waals surface area contributed by atoms with Crippen LogP contribution >= 0.6 is 0 Å². The van der Waals surface area contributed by atoms with E-state index in [4.69, 9.17) is 0 Å². The lowest BCUT2D eigenvalue weighted by atomic mass is 9.77. The van der Waals surface area contributed by atoms with Gasteiger partial charge in [0.05, 0.1) is 9.79 Å². The zero-order chi connectivity index (χ0) is 67.3. The minimum absolute atomic E-state index is 0.0499. The van der Waals surface area contributed by atoms with E-state index in [1.54, 1.807) is 30.4 Å². The van der Waals surface area contributed by atoms with Gasteiger partial charge in [-0.15, -0.1) is 0 Å². The van der Waals surface area contributed by atoms with Gasteiger partial charge in [0.15, 0.2) is 0 Å². The summed E-state index contributed by atoms with van der Waals surface area (Å²) in [6.45, 7) is 6.57. The first-order valence-corrected chi connectivity index (χ1v) is 36.8. The first kappa shape index (κ1) is 76.1. The van der Waals surface area contributed by atoms with Crippen molar-refractivity contribution in [1.29, 1.82) is 0 Å². The number of nitrogens with zero attached hydrogens (tertiary/aromatic N) is 1. The summed E-state index contributed by atoms with van der Waals surface area (Å²) in [5.41, 5.74) is 1.24. The van der Waals surface area contributed by atoms with E-state index in [-0.39, 0.29) is 62.4 Å². The molecule has 4 unspecified atom stereocenters. The Balaban J connectivity index is 1.72. The second kappa shape index (κ2) is 33.8. The van der Waals surface area contributed by atoms with Gasteiger partial charge in [-0.05, 0) is 130 Å². The third-order valence-electron chi connectivity index (χ3n) is 15.0. The van der Waals surface area contributed by atoms with E-state index >= 15 is 0 Å². The van der Waals surface area contributed by atoms with Gasteiger partial charge in [-0.1, -0.05) is 63.8 Å². The van der Waals surface area contributed by atoms with Gasteiger partial charge in [-0.25, -0.2) is 0 Å². The van der Waals surface area contributed by atoms with Crippen LogP contribution in [0.1, 0.15) is 141 Å². The summed E-state index contributed by atoms with van der Waals surface area (Å²) in [5, 5.41) is 23.6. The second-order valence-corrected chi connectivity index (χ2v) is 30.3. The lowest BCUT2D eigenvalue weighted by Crippen LogP contribution is -2.60. The molecule has 4 atom stereocenters. The Morgan fingerprint density at radius 3 is 1.61 bits per heavy atom. The summed E-state index contributed by atoms with van der Waals surface area (Å²) in [6, 6.07) is 1.60. The summed E-state index contributed by atoms with van der Waals surface area (Å²) in [4.78, 5) is 79.0. The van der Waals surface area contributed by atoms with Gasteiger partial charge in [0.25, 0.3) is 50.6 Å². The number of amides is 5. The Morgan fingerprint density at radius 2 is 1.04 bits per heavy atom. The van der Waals surface area contributed by atoms with Crippen LogP contribution in [0.4, 0.5) is 11.4 Å². The minimum atomic E-state index is -5.23. The molecule has 5 amide bonds. The fourth-order valence-corrected chi connectivity index (χ4v) is 13.4. The number of anilines is 2. The van der Waals surface area contributed by atoms with Crippen LogP contribution in [0.2, 0.25) is 0 Å². The van der Waals surface area contributed by atoms with Crippen molar-refractivity contribution in [2.24, 2.45) is 0 Å². The van der Waals surface area contributed by atoms with Gasteiger partial charge in [-0.2, -0.15) is 42.1 Å². The van der Waals surface area contributed by atoms with Gasteiger partial charge in [-0.3, -0.25) is 51.5 Å². The first-order chi connectivity index (χ1) is 41.8. The summed E-state index contributed by atoms with van der Waals surface area (Å²) in [7, 11) is -24.8. The lowest BCUT2D eigenvalue weighted by molar-refractivity contribution is -0.137. The van der Waals surface area contributed by atoms with Crippen LogP contribution in [0.3, 0.4) is 0 Å². The van der Waals surface area contributed by atoms with Gasteiger partial charge in [0.1, 0.15) is 35.4 Å². The molecular weight excluding hydrogens is 1280 g/mol. The van der Waals surface area contributed by atoms with Crippen LogP contribution in [-0.2, 0) is 90.2 Å². The van der Waals surface area contributed by atoms with Crippen molar-refractivity contribution < 1.29 is 98.7 Å². The molecule has 0 fully saturated rings. The maximum absolute atomic E-state index is 13.6. The van der Waals surface area contributed by atoms with Gasteiger partial charge in [0.2, 0.25) is 29.5 Å². The van der Waals surface area contributed by atoms with E-state index < -0.39 is 138 Å². The Labute approximate surface area is 525 Å². The normalized spacial score (nSPS) is 23.4. The molecule has 2 heterocycles. The number of nitrogens with one attached hydrogen (secondary N) is 6. The maximum Gasteiger partial charge on any atom is 0.303 e. The molecule has 90 heavy (non-hydrogen) atoms. The molecule has 0 aliphatic carbocycles. The number of carboxylic acids is 1. The molecule has 29 nitrogen and oxygen atoms in total. The highest BCUT2D eigenvalue weighted by molar-refractivity contribution is 7.86. The number of aliphatic carboxylic acids is 1. The third-order valence-corrected chi connectivity index (χ3v) is 19.0. The zero-order valence-electron chi connectivity index (χ0n) is 50.3. The molecule has 34 heteroatoms. The van der Waals surface area contributed by atoms with Crippen molar-refractivity contribution in [1.82, 2.24) is 26.6 Å². The van der Waals surface area contributed by atoms with Gasteiger partial charge < -0.3 is 41.9 Å². The molecule has 2 aliphatic rings. The molecule has 0 spiro atoms. The molecule has 12 N–H and O–H groups in total. The highest BCUT2D eigenvalue weighted by Crippen LogP contribution is 2.51. The lowest BCUT2D eigenvalue weighted by Gasteiger charge is -2.30. The highest BCUT2D eigenvalue weighted by Gasteiger charge is 2.44. The number of carbonyl (C=O) groups is 6. The summed E-state index contributed by atoms with van der Waals surface area (Å²) in [6.07, 6.45) is 14.2. The predicted molar refractivity (Wildman–Crippen MR) is 332 cm³/mol. The van der Waals surface area contributed by atoms with Crippen molar-refractivity contribution in [2.75, 3.05) is 53.7 Å². The van der Waals surface area contributed by atoms with Crippen LogP contribution < -0.4 is 36.8 Å². The molecular formula is C56H83N7O22S5. The van der Waals surface area contributed by atoms with E-state index in [1.807, 2.05) is 48.5 Å². The number of hydrogen-bond donors (Lipinski definition) is 12. The van der Waals surface area contributed by atoms with E-state index in [1.165, 1.54) is 24.3 Å². The molecule has 2 aromatic carbocycles. The van der Waals surface area contributed by atoms with E-state index in [9.17, 15) is 98.7 Å². The average Bonchev–Trinajstić information content (AvgIpc) is 1.57. The number of fused-ring (bicyclic) bond motifs is 4. The van der Waals surface area contributed by atoms with E-state index in [0.29, 0.717) is 105 Å². The molecule has 504 valence electrons. The molecule has 0 bridgehead atoms. The Kier molecular flexibility index (Phi) is 28.6. The van der Waals surface area contributed by atoms with Crippen molar-refractivity contribution >= 4 is 97.5 Å². The third kappa shape index (κ3) is 26.1. The molecule has 2 aliphatic heterocycles. The maximum atomic E-state index is 13.6. The number of unbranched alkanes of at least 4 members (excludes halogenated alkanes) is 2.